The van der Waals surface area contributed by atoms with Gasteiger partial charge in [-0.05, 0) is 37.4 Å². The van der Waals surface area contributed by atoms with Gasteiger partial charge in [0.25, 0.3) is 0 Å². The maximum atomic E-state index is 5.12. The summed E-state index contributed by atoms with van der Waals surface area (Å²) in [7, 11) is 0. The Kier molecular flexibility index (Phi) is 6.98. The molecule has 0 aliphatic rings. The molecule has 1 unspecified atom stereocenters. The summed E-state index contributed by atoms with van der Waals surface area (Å²) in [5.74, 6) is 0. The lowest BCUT2D eigenvalue weighted by atomic mass is 10.0. The van der Waals surface area contributed by atoms with Crippen LogP contribution in [0.15, 0.2) is 23.0 Å². The SMILES string of the molecule is CCCCCC(Cc1ccoc1)NCCC. The summed E-state index contributed by atoms with van der Waals surface area (Å²) in [4.78, 5) is 0. The quantitative estimate of drug-likeness (QED) is 0.645. The van der Waals surface area contributed by atoms with Gasteiger partial charge in [-0.2, -0.15) is 0 Å². The molecule has 92 valence electrons. The highest BCUT2D eigenvalue weighted by Gasteiger charge is 2.08. The predicted octanol–water partition coefficient (Wildman–Crippen LogP) is 3.77. The van der Waals surface area contributed by atoms with Crippen LogP contribution in [0.3, 0.4) is 0 Å². The maximum absolute atomic E-state index is 5.12. The van der Waals surface area contributed by atoms with Crippen molar-refractivity contribution in [3.8, 4) is 0 Å². The van der Waals surface area contributed by atoms with Gasteiger partial charge >= 0.3 is 0 Å². The summed E-state index contributed by atoms with van der Waals surface area (Å²) in [5, 5.41) is 3.62. The van der Waals surface area contributed by atoms with Crippen molar-refractivity contribution in [2.75, 3.05) is 6.54 Å². The van der Waals surface area contributed by atoms with Crippen LogP contribution in [0.1, 0.15) is 51.5 Å². The number of hydrogen-bond donors (Lipinski definition) is 1. The second-order valence-corrected chi connectivity index (χ2v) is 4.48. The fourth-order valence-electron chi connectivity index (χ4n) is 1.96. The monoisotopic (exact) mass is 223 g/mol. The van der Waals surface area contributed by atoms with Crippen molar-refractivity contribution in [2.45, 2.75) is 58.4 Å². The normalized spacial score (nSPS) is 12.9. The molecule has 0 aromatic carbocycles. The molecule has 0 radical (unpaired) electrons. The molecule has 0 bridgehead atoms. The zero-order chi connectivity index (χ0) is 11.6. The third-order valence-corrected chi connectivity index (χ3v) is 2.90. The summed E-state index contributed by atoms with van der Waals surface area (Å²) >= 11 is 0. The van der Waals surface area contributed by atoms with Gasteiger partial charge in [0.2, 0.25) is 0 Å². The molecule has 1 atom stereocenters. The Balaban J connectivity index is 2.31. The zero-order valence-corrected chi connectivity index (χ0v) is 10.7. The fourth-order valence-corrected chi connectivity index (χ4v) is 1.96. The van der Waals surface area contributed by atoms with Crippen molar-refractivity contribution < 1.29 is 4.42 Å². The molecule has 2 heteroatoms. The van der Waals surface area contributed by atoms with Gasteiger partial charge in [-0.25, -0.2) is 0 Å². The lowest BCUT2D eigenvalue weighted by Gasteiger charge is -2.17. The molecule has 1 aromatic rings. The van der Waals surface area contributed by atoms with Gasteiger partial charge in [0.05, 0.1) is 12.5 Å². The van der Waals surface area contributed by atoms with Crippen molar-refractivity contribution in [2.24, 2.45) is 0 Å². The predicted molar refractivity (Wildman–Crippen MR) is 68.6 cm³/mol. The number of furan rings is 1. The van der Waals surface area contributed by atoms with Crippen molar-refractivity contribution in [1.29, 1.82) is 0 Å². The Hall–Kier alpha value is -0.760. The number of nitrogens with one attached hydrogen (secondary N) is 1. The third-order valence-electron chi connectivity index (χ3n) is 2.90. The van der Waals surface area contributed by atoms with Crippen LogP contribution in [0.25, 0.3) is 0 Å². The molecule has 1 N–H and O–H groups in total. The van der Waals surface area contributed by atoms with Gasteiger partial charge in [0.1, 0.15) is 0 Å². The van der Waals surface area contributed by atoms with Gasteiger partial charge in [-0.15, -0.1) is 0 Å². The Bertz CT molecular complexity index is 243. The van der Waals surface area contributed by atoms with E-state index in [1.165, 1.54) is 37.7 Å². The molecule has 1 heterocycles. The van der Waals surface area contributed by atoms with E-state index in [4.69, 9.17) is 4.42 Å². The minimum Gasteiger partial charge on any atom is -0.472 e. The smallest absolute Gasteiger partial charge is 0.0935 e. The van der Waals surface area contributed by atoms with Gasteiger partial charge in [0.15, 0.2) is 0 Å². The van der Waals surface area contributed by atoms with E-state index in [1.807, 2.05) is 6.26 Å². The number of hydrogen-bond acceptors (Lipinski definition) is 2. The lowest BCUT2D eigenvalue weighted by Crippen LogP contribution is -2.31. The second kappa shape index (κ2) is 8.40. The standard InChI is InChI=1S/C14H25NO/c1-3-5-6-7-14(15-9-4-2)11-13-8-10-16-12-13/h8,10,12,14-15H,3-7,9,11H2,1-2H3. The molecule has 0 amide bonds. The van der Waals surface area contributed by atoms with Crippen LogP contribution in [0.4, 0.5) is 0 Å². The topological polar surface area (TPSA) is 25.2 Å². The molecule has 0 fully saturated rings. The van der Waals surface area contributed by atoms with E-state index in [0.29, 0.717) is 6.04 Å². The molecule has 0 saturated heterocycles. The van der Waals surface area contributed by atoms with Crippen molar-refractivity contribution in [3.05, 3.63) is 24.2 Å². The van der Waals surface area contributed by atoms with Crippen LogP contribution in [0.2, 0.25) is 0 Å². The minimum atomic E-state index is 0.615. The summed E-state index contributed by atoms with van der Waals surface area (Å²) < 4.78 is 5.12. The molecule has 1 aromatic heterocycles. The van der Waals surface area contributed by atoms with Crippen LogP contribution < -0.4 is 5.32 Å². The first kappa shape index (κ1) is 13.3. The van der Waals surface area contributed by atoms with Crippen LogP contribution in [-0.2, 0) is 6.42 Å². The Labute approximate surface area is 99.4 Å². The third kappa shape index (κ3) is 5.36. The summed E-state index contributed by atoms with van der Waals surface area (Å²) in [6.07, 6.45) is 11.2. The van der Waals surface area contributed by atoms with Gasteiger partial charge in [-0.3, -0.25) is 0 Å². The number of unbranched alkanes of at least 4 members (excludes halogenated alkanes) is 2. The fraction of sp³-hybridized carbons (Fsp3) is 0.714. The van der Waals surface area contributed by atoms with Crippen molar-refractivity contribution in [1.82, 2.24) is 5.32 Å². The average molecular weight is 223 g/mol. The lowest BCUT2D eigenvalue weighted by molar-refractivity contribution is 0.454. The summed E-state index contributed by atoms with van der Waals surface area (Å²) in [5.41, 5.74) is 1.31. The largest absolute Gasteiger partial charge is 0.472 e. The van der Waals surface area contributed by atoms with E-state index >= 15 is 0 Å². The van der Waals surface area contributed by atoms with Crippen LogP contribution in [0, 0.1) is 0 Å². The first-order valence-electron chi connectivity index (χ1n) is 6.61. The van der Waals surface area contributed by atoms with E-state index in [9.17, 15) is 0 Å². The summed E-state index contributed by atoms with van der Waals surface area (Å²) in [6.45, 7) is 5.59. The Morgan fingerprint density at radius 2 is 2.12 bits per heavy atom. The average Bonchev–Trinajstić information content (AvgIpc) is 2.78. The first-order chi connectivity index (χ1) is 7.86. The highest BCUT2D eigenvalue weighted by molar-refractivity contribution is 5.07. The molecular formula is C14H25NO. The Morgan fingerprint density at radius 3 is 2.75 bits per heavy atom. The van der Waals surface area contributed by atoms with Gasteiger partial charge in [0, 0.05) is 6.04 Å². The van der Waals surface area contributed by atoms with E-state index in [2.05, 4.69) is 25.2 Å². The highest BCUT2D eigenvalue weighted by Crippen LogP contribution is 2.10. The van der Waals surface area contributed by atoms with Crippen molar-refractivity contribution in [3.63, 3.8) is 0 Å². The molecule has 0 spiro atoms. The van der Waals surface area contributed by atoms with Crippen molar-refractivity contribution >= 4 is 0 Å². The van der Waals surface area contributed by atoms with Gasteiger partial charge < -0.3 is 9.73 Å². The summed E-state index contributed by atoms with van der Waals surface area (Å²) in [6, 6.07) is 2.68. The Morgan fingerprint density at radius 1 is 1.25 bits per heavy atom. The molecule has 0 aliphatic carbocycles. The van der Waals surface area contributed by atoms with E-state index < -0.39 is 0 Å². The van der Waals surface area contributed by atoms with E-state index in [1.54, 1.807) is 6.26 Å². The second-order valence-electron chi connectivity index (χ2n) is 4.48. The minimum absolute atomic E-state index is 0.615. The molecule has 2 nitrogen and oxygen atoms in total. The number of rotatable bonds is 9. The zero-order valence-electron chi connectivity index (χ0n) is 10.7. The van der Waals surface area contributed by atoms with E-state index in [-0.39, 0.29) is 0 Å². The maximum Gasteiger partial charge on any atom is 0.0935 e. The van der Waals surface area contributed by atoms with Crippen LogP contribution in [0.5, 0.6) is 0 Å². The molecular weight excluding hydrogens is 198 g/mol. The highest BCUT2D eigenvalue weighted by atomic mass is 16.3. The molecule has 1 rings (SSSR count). The molecule has 0 saturated carbocycles. The van der Waals surface area contributed by atoms with E-state index in [0.717, 1.165) is 13.0 Å². The first-order valence-corrected chi connectivity index (χ1v) is 6.61. The molecule has 16 heavy (non-hydrogen) atoms. The van der Waals surface area contributed by atoms with Gasteiger partial charge in [-0.1, -0.05) is 33.1 Å². The van der Waals surface area contributed by atoms with Crippen LogP contribution >= 0.6 is 0 Å². The molecule has 0 aliphatic heterocycles. The van der Waals surface area contributed by atoms with Crippen LogP contribution in [-0.4, -0.2) is 12.6 Å².